The molecular formula is C12H18FN. The fourth-order valence-electron chi connectivity index (χ4n) is 1.55. The minimum atomic E-state index is -0.371. The van der Waals surface area contributed by atoms with Crippen molar-refractivity contribution in [3.05, 3.63) is 29.8 Å². The lowest BCUT2D eigenvalue weighted by atomic mass is 9.99. The summed E-state index contributed by atoms with van der Waals surface area (Å²) >= 11 is 0. The van der Waals surface area contributed by atoms with Crippen molar-refractivity contribution in [3.63, 3.8) is 0 Å². The molecule has 0 aromatic carbocycles. The summed E-state index contributed by atoms with van der Waals surface area (Å²) in [5.74, 6) is 0.00194. The van der Waals surface area contributed by atoms with Crippen LogP contribution in [0.2, 0.25) is 0 Å². The van der Waals surface area contributed by atoms with Crippen LogP contribution in [0.3, 0.4) is 0 Å². The second-order valence-corrected chi connectivity index (χ2v) is 3.78. The van der Waals surface area contributed by atoms with Crippen LogP contribution in [0.15, 0.2) is 18.2 Å². The molecule has 0 N–H and O–H groups in total. The van der Waals surface area contributed by atoms with Gasteiger partial charge in [-0.1, -0.05) is 39.2 Å². The first-order valence-electron chi connectivity index (χ1n) is 5.36. The number of rotatable bonds is 5. The fourth-order valence-corrected chi connectivity index (χ4v) is 1.55. The standard InChI is InChI=1S/C12H18FN/c1-3-4-5-7-10(2)11-8-6-9-12(13)14-11/h6,8-10H,3-5,7H2,1-2H3. The molecule has 1 aromatic heterocycles. The number of nitrogens with zero attached hydrogens (tertiary/aromatic N) is 1. The van der Waals surface area contributed by atoms with Gasteiger partial charge in [0.05, 0.1) is 0 Å². The first kappa shape index (κ1) is 11.2. The summed E-state index contributed by atoms with van der Waals surface area (Å²) < 4.78 is 12.8. The molecule has 1 heterocycles. The monoisotopic (exact) mass is 195 g/mol. The van der Waals surface area contributed by atoms with Crippen molar-refractivity contribution in [1.29, 1.82) is 0 Å². The van der Waals surface area contributed by atoms with E-state index < -0.39 is 0 Å². The molecule has 1 rings (SSSR count). The molecule has 1 aromatic rings. The highest BCUT2D eigenvalue weighted by Gasteiger charge is 2.06. The SMILES string of the molecule is CCCCCC(C)c1cccc(F)n1. The van der Waals surface area contributed by atoms with Gasteiger partial charge in [-0.3, -0.25) is 0 Å². The van der Waals surface area contributed by atoms with Crippen LogP contribution < -0.4 is 0 Å². The lowest BCUT2D eigenvalue weighted by Gasteiger charge is -2.09. The zero-order chi connectivity index (χ0) is 10.4. The van der Waals surface area contributed by atoms with E-state index in [9.17, 15) is 4.39 Å². The molecule has 0 aliphatic carbocycles. The van der Waals surface area contributed by atoms with Gasteiger partial charge < -0.3 is 0 Å². The van der Waals surface area contributed by atoms with Crippen molar-refractivity contribution in [1.82, 2.24) is 4.98 Å². The van der Waals surface area contributed by atoms with E-state index in [1.807, 2.05) is 6.07 Å². The highest BCUT2D eigenvalue weighted by atomic mass is 19.1. The van der Waals surface area contributed by atoms with Gasteiger partial charge >= 0.3 is 0 Å². The maximum atomic E-state index is 12.8. The zero-order valence-corrected chi connectivity index (χ0v) is 8.96. The molecule has 0 fully saturated rings. The van der Waals surface area contributed by atoms with Crippen molar-refractivity contribution in [2.45, 2.75) is 45.4 Å². The van der Waals surface area contributed by atoms with Gasteiger partial charge in [-0.2, -0.15) is 4.39 Å². The van der Waals surface area contributed by atoms with Gasteiger partial charge in [0.15, 0.2) is 0 Å². The number of halogens is 1. The van der Waals surface area contributed by atoms with Gasteiger partial charge in [-0.25, -0.2) is 4.98 Å². The topological polar surface area (TPSA) is 12.9 Å². The number of pyridine rings is 1. The molecular weight excluding hydrogens is 177 g/mol. The van der Waals surface area contributed by atoms with Crippen LogP contribution in [0.1, 0.15) is 51.1 Å². The molecule has 0 aliphatic rings. The van der Waals surface area contributed by atoms with E-state index in [0.717, 1.165) is 12.1 Å². The van der Waals surface area contributed by atoms with Crippen LogP contribution in [-0.2, 0) is 0 Å². The Hall–Kier alpha value is -0.920. The molecule has 78 valence electrons. The maximum Gasteiger partial charge on any atom is 0.213 e. The van der Waals surface area contributed by atoms with Crippen LogP contribution >= 0.6 is 0 Å². The molecule has 0 radical (unpaired) electrons. The summed E-state index contributed by atoms with van der Waals surface area (Å²) in [5.41, 5.74) is 0.876. The molecule has 14 heavy (non-hydrogen) atoms. The van der Waals surface area contributed by atoms with Crippen molar-refractivity contribution < 1.29 is 4.39 Å². The number of hydrogen-bond acceptors (Lipinski definition) is 1. The fraction of sp³-hybridized carbons (Fsp3) is 0.583. The number of hydrogen-bond donors (Lipinski definition) is 0. The van der Waals surface area contributed by atoms with Crippen LogP contribution in [0.25, 0.3) is 0 Å². The van der Waals surface area contributed by atoms with Gasteiger partial charge in [0.2, 0.25) is 5.95 Å². The Bertz CT molecular complexity index is 273. The van der Waals surface area contributed by atoms with Gasteiger partial charge in [0, 0.05) is 5.69 Å². The summed E-state index contributed by atoms with van der Waals surface area (Å²) in [7, 11) is 0. The minimum Gasteiger partial charge on any atom is -0.225 e. The Balaban J connectivity index is 2.47. The third-order valence-electron chi connectivity index (χ3n) is 2.48. The molecule has 0 bridgehead atoms. The zero-order valence-electron chi connectivity index (χ0n) is 8.96. The Kier molecular flexibility index (Phi) is 4.57. The Morgan fingerprint density at radius 3 is 2.79 bits per heavy atom. The molecule has 0 amide bonds. The molecule has 0 saturated heterocycles. The number of unbranched alkanes of at least 4 members (excludes halogenated alkanes) is 2. The second-order valence-electron chi connectivity index (χ2n) is 3.78. The largest absolute Gasteiger partial charge is 0.225 e. The normalized spacial score (nSPS) is 12.8. The van der Waals surface area contributed by atoms with Crippen LogP contribution in [0, 0.1) is 5.95 Å². The highest BCUT2D eigenvalue weighted by Crippen LogP contribution is 2.19. The van der Waals surface area contributed by atoms with Crippen molar-refractivity contribution in [3.8, 4) is 0 Å². The van der Waals surface area contributed by atoms with E-state index in [2.05, 4.69) is 18.8 Å². The lowest BCUT2D eigenvalue weighted by Crippen LogP contribution is -1.98. The third-order valence-corrected chi connectivity index (χ3v) is 2.48. The smallest absolute Gasteiger partial charge is 0.213 e. The van der Waals surface area contributed by atoms with Gasteiger partial charge in [0.25, 0.3) is 0 Å². The summed E-state index contributed by atoms with van der Waals surface area (Å²) in [6, 6.07) is 5.02. The Morgan fingerprint density at radius 1 is 1.36 bits per heavy atom. The Labute approximate surface area is 85.4 Å². The first-order chi connectivity index (χ1) is 6.74. The molecule has 1 nitrogen and oxygen atoms in total. The second kappa shape index (κ2) is 5.74. The van der Waals surface area contributed by atoms with Crippen LogP contribution in [0.4, 0.5) is 4.39 Å². The lowest BCUT2D eigenvalue weighted by molar-refractivity contribution is 0.547. The van der Waals surface area contributed by atoms with Crippen molar-refractivity contribution in [2.24, 2.45) is 0 Å². The van der Waals surface area contributed by atoms with E-state index in [1.54, 1.807) is 6.07 Å². The van der Waals surface area contributed by atoms with Gasteiger partial charge in [-0.15, -0.1) is 0 Å². The van der Waals surface area contributed by atoms with E-state index in [1.165, 1.54) is 25.3 Å². The number of aromatic nitrogens is 1. The molecule has 0 spiro atoms. The molecule has 0 saturated carbocycles. The van der Waals surface area contributed by atoms with E-state index in [0.29, 0.717) is 5.92 Å². The molecule has 2 heteroatoms. The summed E-state index contributed by atoms with van der Waals surface area (Å²) in [6.45, 7) is 4.29. The van der Waals surface area contributed by atoms with Crippen molar-refractivity contribution in [2.75, 3.05) is 0 Å². The van der Waals surface area contributed by atoms with Gasteiger partial charge in [-0.05, 0) is 24.5 Å². The van der Waals surface area contributed by atoms with Crippen LogP contribution in [-0.4, -0.2) is 4.98 Å². The van der Waals surface area contributed by atoms with E-state index in [4.69, 9.17) is 0 Å². The van der Waals surface area contributed by atoms with Crippen molar-refractivity contribution >= 4 is 0 Å². The average molecular weight is 195 g/mol. The predicted molar refractivity (Wildman–Crippen MR) is 56.8 cm³/mol. The molecule has 0 aliphatic heterocycles. The average Bonchev–Trinajstić information content (AvgIpc) is 2.18. The van der Waals surface area contributed by atoms with E-state index >= 15 is 0 Å². The highest BCUT2D eigenvalue weighted by molar-refractivity contribution is 5.09. The summed E-state index contributed by atoms with van der Waals surface area (Å²) in [5, 5.41) is 0. The van der Waals surface area contributed by atoms with E-state index in [-0.39, 0.29) is 5.95 Å². The van der Waals surface area contributed by atoms with Crippen LogP contribution in [0.5, 0.6) is 0 Å². The summed E-state index contributed by atoms with van der Waals surface area (Å²) in [4.78, 5) is 3.89. The molecule has 1 atom stereocenters. The minimum absolute atomic E-state index is 0.371. The quantitative estimate of drug-likeness (QED) is 0.513. The third kappa shape index (κ3) is 3.44. The Morgan fingerprint density at radius 2 is 2.14 bits per heavy atom. The summed E-state index contributed by atoms with van der Waals surface area (Å²) in [6.07, 6.45) is 4.78. The van der Waals surface area contributed by atoms with Gasteiger partial charge in [0.1, 0.15) is 0 Å². The molecule has 1 unspecified atom stereocenters. The maximum absolute atomic E-state index is 12.8. The predicted octanol–water partition coefficient (Wildman–Crippen LogP) is 3.90. The first-order valence-corrected chi connectivity index (χ1v) is 5.36.